The van der Waals surface area contributed by atoms with Crippen LogP contribution in [0.25, 0.3) is 0 Å². The molecule has 1 saturated heterocycles. The predicted octanol–water partition coefficient (Wildman–Crippen LogP) is 2.87. The topological polar surface area (TPSA) is 29.3 Å². The molecule has 2 N–H and O–H groups in total. The maximum Gasteiger partial charge on any atom is 0.00793 e. The molecule has 2 aliphatic rings. The van der Waals surface area contributed by atoms with Gasteiger partial charge in [-0.15, -0.1) is 0 Å². The van der Waals surface area contributed by atoms with E-state index in [1.165, 1.54) is 51.7 Å². The summed E-state index contributed by atoms with van der Waals surface area (Å²) in [4.78, 5) is 2.66. The number of piperidine rings is 1. The maximum absolute atomic E-state index is 6.17. The second-order valence-corrected chi connectivity index (χ2v) is 7.30. The van der Waals surface area contributed by atoms with Crippen molar-refractivity contribution in [3.63, 3.8) is 0 Å². The van der Waals surface area contributed by atoms with Crippen molar-refractivity contribution < 1.29 is 0 Å². The van der Waals surface area contributed by atoms with E-state index in [0.717, 1.165) is 11.8 Å². The molecule has 1 heterocycles. The van der Waals surface area contributed by atoms with Crippen LogP contribution in [0.1, 0.15) is 52.9 Å². The molecule has 2 nitrogen and oxygen atoms in total. The van der Waals surface area contributed by atoms with Crippen molar-refractivity contribution in [1.29, 1.82) is 0 Å². The van der Waals surface area contributed by atoms with E-state index in [1.807, 2.05) is 0 Å². The summed E-state index contributed by atoms with van der Waals surface area (Å²) in [6.45, 7) is 11.0. The van der Waals surface area contributed by atoms with Crippen molar-refractivity contribution >= 4 is 0 Å². The van der Waals surface area contributed by atoms with Crippen LogP contribution in [0, 0.1) is 17.3 Å². The molecule has 2 heteroatoms. The molecule has 17 heavy (non-hydrogen) atoms. The van der Waals surface area contributed by atoms with Crippen LogP contribution in [-0.2, 0) is 0 Å². The zero-order chi connectivity index (χ0) is 12.5. The van der Waals surface area contributed by atoms with Crippen LogP contribution in [0.2, 0.25) is 0 Å². The lowest BCUT2D eigenvalue weighted by atomic mass is 9.75. The first kappa shape index (κ1) is 13.4. The monoisotopic (exact) mass is 238 g/mol. The second kappa shape index (κ2) is 5.27. The van der Waals surface area contributed by atoms with Crippen molar-refractivity contribution in [3.05, 3.63) is 0 Å². The number of rotatable bonds is 2. The first-order valence-corrected chi connectivity index (χ1v) is 7.45. The van der Waals surface area contributed by atoms with E-state index in [4.69, 9.17) is 5.73 Å². The van der Waals surface area contributed by atoms with Gasteiger partial charge in [0.05, 0.1) is 0 Å². The third-order valence-corrected chi connectivity index (χ3v) is 5.02. The first-order chi connectivity index (χ1) is 7.97. The molecular weight excluding hydrogens is 208 g/mol. The fraction of sp³-hybridized carbons (Fsp3) is 1.00. The number of likely N-dealkylation sites (tertiary alicyclic amines) is 1. The van der Waals surface area contributed by atoms with Crippen LogP contribution >= 0.6 is 0 Å². The Bertz CT molecular complexity index is 236. The highest BCUT2D eigenvalue weighted by Crippen LogP contribution is 2.35. The largest absolute Gasteiger partial charge is 0.327 e. The molecule has 1 aliphatic carbocycles. The average molecular weight is 238 g/mol. The summed E-state index contributed by atoms with van der Waals surface area (Å²) in [7, 11) is 0. The van der Waals surface area contributed by atoms with Crippen LogP contribution in [0.15, 0.2) is 0 Å². The summed E-state index contributed by atoms with van der Waals surface area (Å²) in [5.41, 5.74) is 6.66. The molecule has 0 aromatic rings. The van der Waals surface area contributed by atoms with Crippen molar-refractivity contribution in [2.45, 2.75) is 58.9 Å². The fourth-order valence-corrected chi connectivity index (χ4v) is 3.61. The lowest BCUT2D eigenvalue weighted by Crippen LogP contribution is -2.42. The van der Waals surface area contributed by atoms with Gasteiger partial charge < -0.3 is 10.6 Å². The molecule has 0 radical (unpaired) electrons. The highest BCUT2D eigenvalue weighted by atomic mass is 15.1. The predicted molar refractivity (Wildman–Crippen MR) is 73.9 cm³/mol. The molecule has 0 spiro atoms. The number of nitrogens with zero attached hydrogens (tertiary/aromatic N) is 1. The third-order valence-electron chi connectivity index (χ3n) is 5.02. The summed E-state index contributed by atoms with van der Waals surface area (Å²) in [6.07, 6.45) is 6.73. The van der Waals surface area contributed by atoms with E-state index in [-0.39, 0.29) is 0 Å². The van der Waals surface area contributed by atoms with Crippen molar-refractivity contribution in [1.82, 2.24) is 4.90 Å². The van der Waals surface area contributed by atoms with Crippen molar-refractivity contribution in [3.8, 4) is 0 Å². The average Bonchev–Trinajstić information content (AvgIpc) is 2.64. The van der Waals surface area contributed by atoms with Gasteiger partial charge in [0.15, 0.2) is 0 Å². The molecule has 100 valence electrons. The minimum atomic E-state index is 0.482. The standard InChI is InChI=1S/C15H30N2/c1-15(2,3)13-7-9-17(10-8-13)11-12-5-4-6-14(12)16/h12-14H,4-11,16H2,1-3H3. The Labute approximate surface area is 107 Å². The zero-order valence-electron chi connectivity index (χ0n) is 11.9. The van der Waals surface area contributed by atoms with Crippen LogP contribution in [0.3, 0.4) is 0 Å². The Morgan fingerprint density at radius 3 is 2.18 bits per heavy atom. The minimum Gasteiger partial charge on any atom is -0.327 e. The summed E-state index contributed by atoms with van der Waals surface area (Å²) in [6, 6.07) is 0.482. The molecule has 2 fully saturated rings. The SMILES string of the molecule is CC(C)(C)C1CCN(CC2CCCC2N)CC1. The van der Waals surface area contributed by atoms with Gasteiger partial charge in [-0.25, -0.2) is 0 Å². The summed E-state index contributed by atoms with van der Waals surface area (Å²) in [5, 5.41) is 0. The van der Waals surface area contributed by atoms with Crippen LogP contribution in [-0.4, -0.2) is 30.6 Å². The molecule has 2 rings (SSSR count). The summed E-state index contributed by atoms with van der Waals surface area (Å²) < 4.78 is 0. The number of hydrogen-bond acceptors (Lipinski definition) is 2. The zero-order valence-corrected chi connectivity index (χ0v) is 11.9. The fourth-order valence-electron chi connectivity index (χ4n) is 3.61. The lowest BCUT2D eigenvalue weighted by Gasteiger charge is -2.39. The molecule has 2 atom stereocenters. The van der Waals surface area contributed by atoms with E-state index in [9.17, 15) is 0 Å². The van der Waals surface area contributed by atoms with Gasteiger partial charge in [-0.3, -0.25) is 0 Å². The van der Waals surface area contributed by atoms with Gasteiger partial charge in [0, 0.05) is 12.6 Å². The molecule has 1 saturated carbocycles. The number of nitrogens with two attached hydrogens (primary N) is 1. The van der Waals surface area contributed by atoms with Gasteiger partial charge in [0.1, 0.15) is 0 Å². The van der Waals surface area contributed by atoms with Gasteiger partial charge in [0.25, 0.3) is 0 Å². The van der Waals surface area contributed by atoms with Crippen LogP contribution < -0.4 is 5.73 Å². The van der Waals surface area contributed by atoms with E-state index in [2.05, 4.69) is 25.7 Å². The maximum atomic E-state index is 6.17. The smallest absolute Gasteiger partial charge is 0.00793 e. The number of hydrogen-bond donors (Lipinski definition) is 1. The molecule has 2 unspecified atom stereocenters. The van der Waals surface area contributed by atoms with Crippen LogP contribution in [0.4, 0.5) is 0 Å². The van der Waals surface area contributed by atoms with E-state index < -0.39 is 0 Å². The Morgan fingerprint density at radius 1 is 1.06 bits per heavy atom. The van der Waals surface area contributed by atoms with E-state index in [0.29, 0.717) is 11.5 Å². The lowest BCUT2D eigenvalue weighted by molar-refractivity contribution is 0.0995. The molecule has 0 aromatic carbocycles. The van der Waals surface area contributed by atoms with Gasteiger partial charge in [0.2, 0.25) is 0 Å². The minimum absolute atomic E-state index is 0.482. The van der Waals surface area contributed by atoms with Gasteiger partial charge in [-0.2, -0.15) is 0 Å². The highest BCUT2D eigenvalue weighted by molar-refractivity contribution is 4.86. The Morgan fingerprint density at radius 2 is 1.71 bits per heavy atom. The van der Waals surface area contributed by atoms with E-state index >= 15 is 0 Å². The molecule has 1 aliphatic heterocycles. The van der Waals surface area contributed by atoms with Gasteiger partial charge in [-0.1, -0.05) is 27.2 Å². The summed E-state index contributed by atoms with van der Waals surface area (Å²) >= 11 is 0. The van der Waals surface area contributed by atoms with Crippen molar-refractivity contribution in [2.75, 3.05) is 19.6 Å². The Hall–Kier alpha value is -0.0800. The van der Waals surface area contributed by atoms with Crippen LogP contribution in [0.5, 0.6) is 0 Å². The second-order valence-electron chi connectivity index (χ2n) is 7.30. The quantitative estimate of drug-likeness (QED) is 0.801. The normalized spacial score (nSPS) is 33.2. The Balaban J connectivity index is 1.76. The Kier molecular flexibility index (Phi) is 4.14. The molecule has 0 amide bonds. The highest BCUT2D eigenvalue weighted by Gasteiger charge is 2.31. The van der Waals surface area contributed by atoms with Gasteiger partial charge >= 0.3 is 0 Å². The molecular formula is C15H30N2. The summed E-state index contributed by atoms with van der Waals surface area (Å²) in [5.74, 6) is 1.69. The van der Waals surface area contributed by atoms with Gasteiger partial charge in [-0.05, 0) is 56.0 Å². The first-order valence-electron chi connectivity index (χ1n) is 7.45. The molecule has 0 aromatic heterocycles. The van der Waals surface area contributed by atoms with E-state index in [1.54, 1.807) is 0 Å². The van der Waals surface area contributed by atoms with Crippen molar-refractivity contribution in [2.24, 2.45) is 23.0 Å². The third kappa shape index (κ3) is 3.45. The molecule has 0 bridgehead atoms.